The van der Waals surface area contributed by atoms with Crippen LogP contribution < -0.4 is 4.80 Å². The van der Waals surface area contributed by atoms with Gasteiger partial charge in [0.25, 0.3) is 0 Å². The first-order valence-electron chi connectivity index (χ1n) is 8.00. The molecule has 3 rings (SSSR count). The Balaban J connectivity index is 1.79. The molecule has 3 aromatic rings. The summed E-state index contributed by atoms with van der Waals surface area (Å²) in [5.41, 5.74) is 0.533. The molecule has 0 bridgehead atoms. The van der Waals surface area contributed by atoms with E-state index >= 15 is 0 Å². The van der Waals surface area contributed by atoms with Gasteiger partial charge in [-0.3, -0.25) is 9.59 Å². The normalized spacial score (nSPS) is 11.6. The number of hydrogen-bond donors (Lipinski definition) is 0. The van der Waals surface area contributed by atoms with E-state index in [1.54, 1.807) is 48.4 Å². The van der Waals surface area contributed by atoms with Crippen LogP contribution in [0.2, 0.25) is 0 Å². The number of thiazole rings is 1. The fourth-order valence-corrected chi connectivity index (χ4v) is 2.94. The molecule has 0 spiro atoms. The van der Waals surface area contributed by atoms with Crippen LogP contribution in [0, 0.1) is 5.82 Å². The van der Waals surface area contributed by atoms with Crippen LogP contribution in [0.4, 0.5) is 4.39 Å². The number of carbonyl (C=O) groups excluding carboxylic acids is 2. The Kier molecular flexibility index (Phi) is 5.55. The van der Waals surface area contributed by atoms with Gasteiger partial charge in [-0.1, -0.05) is 23.4 Å². The molecule has 0 radical (unpaired) electrons. The van der Waals surface area contributed by atoms with Gasteiger partial charge in [0.2, 0.25) is 5.91 Å². The quantitative estimate of drug-likeness (QED) is 0.656. The Labute approximate surface area is 158 Å². The van der Waals surface area contributed by atoms with E-state index in [0.717, 1.165) is 0 Å². The van der Waals surface area contributed by atoms with Crippen LogP contribution in [0.1, 0.15) is 16.1 Å². The van der Waals surface area contributed by atoms with E-state index in [2.05, 4.69) is 15.3 Å². The molecule has 140 valence electrons. The van der Waals surface area contributed by atoms with E-state index in [0.29, 0.717) is 10.4 Å². The zero-order chi connectivity index (χ0) is 19.4. The lowest BCUT2D eigenvalue weighted by Crippen LogP contribution is -2.26. The van der Waals surface area contributed by atoms with E-state index in [1.807, 2.05) is 0 Å². The van der Waals surface area contributed by atoms with Crippen molar-refractivity contribution in [2.45, 2.75) is 13.1 Å². The number of rotatable bonds is 5. The highest BCUT2D eigenvalue weighted by molar-refractivity contribution is 7.07. The summed E-state index contributed by atoms with van der Waals surface area (Å²) in [5.74, 6) is -1.07. The summed E-state index contributed by atoms with van der Waals surface area (Å²) in [7, 11) is 3.26. The summed E-state index contributed by atoms with van der Waals surface area (Å²) in [4.78, 5) is 29.9. The van der Waals surface area contributed by atoms with Crippen molar-refractivity contribution in [1.82, 2.24) is 24.5 Å². The minimum atomic E-state index is -0.580. The third-order valence-corrected chi connectivity index (χ3v) is 4.50. The van der Waals surface area contributed by atoms with E-state index in [9.17, 15) is 14.0 Å². The molecule has 0 aliphatic carbocycles. The van der Waals surface area contributed by atoms with Gasteiger partial charge in [0.1, 0.15) is 12.4 Å². The zero-order valence-corrected chi connectivity index (χ0v) is 15.6. The first kappa shape index (κ1) is 18.6. The summed E-state index contributed by atoms with van der Waals surface area (Å²) in [5, 5.41) is 9.31. The Bertz CT molecular complexity index is 1040. The first-order chi connectivity index (χ1) is 12.9. The van der Waals surface area contributed by atoms with Gasteiger partial charge >= 0.3 is 5.91 Å². The molecule has 2 aromatic heterocycles. The molecular formula is C17H17FN6O2S. The summed E-state index contributed by atoms with van der Waals surface area (Å²) in [6.07, 6.45) is 3.11. The highest BCUT2D eigenvalue weighted by Gasteiger charge is 2.13. The van der Waals surface area contributed by atoms with Crippen LogP contribution in [-0.2, 0) is 17.9 Å². The van der Waals surface area contributed by atoms with Crippen molar-refractivity contribution in [3.05, 3.63) is 63.9 Å². The summed E-state index contributed by atoms with van der Waals surface area (Å²) in [6, 6.07) is 6.44. The van der Waals surface area contributed by atoms with Gasteiger partial charge in [-0.15, -0.1) is 16.4 Å². The number of hydrogen-bond acceptors (Lipinski definition) is 5. The molecule has 0 fully saturated rings. The van der Waals surface area contributed by atoms with Crippen molar-refractivity contribution in [3.8, 4) is 0 Å². The van der Waals surface area contributed by atoms with E-state index in [4.69, 9.17) is 0 Å². The van der Waals surface area contributed by atoms with E-state index in [-0.39, 0.29) is 30.5 Å². The molecule has 0 aliphatic heterocycles. The highest BCUT2D eigenvalue weighted by atomic mass is 32.1. The highest BCUT2D eigenvalue weighted by Crippen LogP contribution is 2.08. The minimum absolute atomic E-state index is 0.0143. The molecule has 1 aromatic carbocycles. The number of carbonyl (C=O) groups is 2. The molecule has 0 saturated carbocycles. The van der Waals surface area contributed by atoms with Crippen LogP contribution in [0.5, 0.6) is 0 Å². The van der Waals surface area contributed by atoms with Gasteiger partial charge < -0.3 is 9.47 Å². The third-order valence-electron chi connectivity index (χ3n) is 3.71. The lowest BCUT2D eigenvalue weighted by atomic mass is 10.2. The van der Waals surface area contributed by atoms with Crippen molar-refractivity contribution in [2.24, 2.45) is 4.99 Å². The lowest BCUT2D eigenvalue weighted by Gasteiger charge is -2.08. The number of halogens is 1. The van der Waals surface area contributed by atoms with Gasteiger partial charge in [0.05, 0.1) is 12.7 Å². The minimum Gasteiger partial charge on any atom is -0.347 e. The number of benzene rings is 1. The second kappa shape index (κ2) is 8.04. The third kappa shape index (κ3) is 4.53. The van der Waals surface area contributed by atoms with Gasteiger partial charge in [-0.05, 0) is 6.07 Å². The van der Waals surface area contributed by atoms with Crippen molar-refractivity contribution in [2.75, 3.05) is 14.1 Å². The maximum Gasteiger partial charge on any atom is 0.301 e. The number of amides is 2. The van der Waals surface area contributed by atoms with Gasteiger partial charge in [0.15, 0.2) is 10.5 Å². The summed E-state index contributed by atoms with van der Waals surface area (Å²) >= 11 is 1.26. The van der Waals surface area contributed by atoms with Crippen molar-refractivity contribution in [3.63, 3.8) is 0 Å². The van der Waals surface area contributed by atoms with Gasteiger partial charge in [-0.25, -0.2) is 9.07 Å². The monoisotopic (exact) mass is 388 g/mol. The molecular weight excluding hydrogens is 371 g/mol. The average molecular weight is 388 g/mol. The van der Waals surface area contributed by atoms with Crippen LogP contribution in [0.3, 0.4) is 0 Å². The van der Waals surface area contributed by atoms with E-state index in [1.165, 1.54) is 33.2 Å². The molecule has 0 aliphatic rings. The smallest absolute Gasteiger partial charge is 0.301 e. The average Bonchev–Trinajstić information content (AvgIpc) is 3.26. The van der Waals surface area contributed by atoms with Crippen LogP contribution >= 0.6 is 11.3 Å². The molecule has 10 heteroatoms. The molecule has 27 heavy (non-hydrogen) atoms. The Morgan fingerprint density at radius 1 is 1.30 bits per heavy atom. The molecule has 8 nitrogen and oxygen atoms in total. The van der Waals surface area contributed by atoms with Crippen molar-refractivity contribution >= 4 is 23.2 Å². The maximum atomic E-state index is 13.8. The predicted molar refractivity (Wildman–Crippen MR) is 96.4 cm³/mol. The maximum absolute atomic E-state index is 13.8. The second-order valence-corrected chi connectivity index (χ2v) is 6.78. The Morgan fingerprint density at radius 2 is 2.07 bits per heavy atom. The van der Waals surface area contributed by atoms with Gasteiger partial charge in [-0.2, -0.15) is 4.99 Å². The Hall–Kier alpha value is -3.14. The lowest BCUT2D eigenvalue weighted by molar-refractivity contribution is -0.129. The molecule has 0 unspecified atom stereocenters. The van der Waals surface area contributed by atoms with Crippen molar-refractivity contribution < 1.29 is 14.0 Å². The fraction of sp³-hybridized carbons (Fsp3) is 0.235. The Morgan fingerprint density at radius 3 is 2.81 bits per heavy atom. The predicted octanol–water partition coefficient (Wildman–Crippen LogP) is 1.16. The summed E-state index contributed by atoms with van der Waals surface area (Å²) < 4.78 is 16.8. The van der Waals surface area contributed by atoms with Gasteiger partial charge in [0, 0.05) is 31.2 Å². The number of likely N-dealkylation sites (N-methyl/N-ethyl adjacent to an activating group) is 1. The molecule has 2 heterocycles. The number of aromatic nitrogens is 4. The summed E-state index contributed by atoms with van der Waals surface area (Å²) in [6.45, 7) is 0.242. The standard InChI is InChI=1S/C17H17FN6O2S/c1-22(2)15(25)11-24-10-14(20-21-24)16(26)19-17-23(7-8-27-17)9-12-5-3-4-6-13(12)18/h3-8,10H,9,11H2,1-2H3. The number of nitrogens with zero attached hydrogens (tertiary/aromatic N) is 6. The van der Waals surface area contributed by atoms with Crippen molar-refractivity contribution in [1.29, 1.82) is 0 Å². The zero-order valence-electron chi connectivity index (χ0n) is 14.7. The SMILES string of the molecule is CN(C)C(=O)Cn1cc(C(=O)N=c2sccn2Cc2ccccc2F)nn1. The molecule has 0 N–H and O–H groups in total. The fourth-order valence-electron chi connectivity index (χ4n) is 2.22. The van der Waals surface area contributed by atoms with Crippen LogP contribution in [0.15, 0.2) is 47.0 Å². The first-order valence-corrected chi connectivity index (χ1v) is 8.88. The van der Waals surface area contributed by atoms with Crippen LogP contribution in [-0.4, -0.2) is 50.4 Å². The van der Waals surface area contributed by atoms with E-state index < -0.39 is 5.91 Å². The second-order valence-electron chi connectivity index (χ2n) is 5.91. The molecule has 2 amide bonds. The molecule has 0 atom stereocenters. The molecule has 0 saturated heterocycles. The largest absolute Gasteiger partial charge is 0.347 e. The topological polar surface area (TPSA) is 85.4 Å². The van der Waals surface area contributed by atoms with Crippen LogP contribution in [0.25, 0.3) is 0 Å².